The van der Waals surface area contributed by atoms with Crippen molar-refractivity contribution < 1.29 is 9.59 Å². The minimum atomic E-state index is -0.227. The number of anilines is 1. The summed E-state index contributed by atoms with van der Waals surface area (Å²) in [5, 5.41) is 0.646. The van der Waals surface area contributed by atoms with Gasteiger partial charge in [-0.1, -0.05) is 30.9 Å². The van der Waals surface area contributed by atoms with Crippen LogP contribution in [-0.2, 0) is 9.59 Å². The Morgan fingerprint density at radius 2 is 1.88 bits per heavy atom. The molecule has 3 rings (SSSR count). The summed E-state index contributed by atoms with van der Waals surface area (Å²) in [6.07, 6.45) is 6.19. The number of carbonyl (C=O) groups excluding carboxylic acids is 2. The first-order chi connectivity index (χ1) is 11.6. The van der Waals surface area contributed by atoms with Crippen molar-refractivity contribution in [2.45, 2.75) is 51.5 Å². The van der Waals surface area contributed by atoms with Crippen LogP contribution in [0.15, 0.2) is 24.3 Å². The molecule has 4 nitrogen and oxygen atoms in total. The highest BCUT2D eigenvalue weighted by atomic mass is 35.5. The normalized spacial score (nSPS) is 22.0. The molecule has 1 atom stereocenters. The molecule has 130 valence electrons. The molecule has 2 aliphatic rings. The van der Waals surface area contributed by atoms with Gasteiger partial charge in [0.15, 0.2) is 0 Å². The standard InChI is InChI=1S/C19H25ClN2O2/c1-2-21(16-6-4-3-5-7-16)19(24)14-12-18(23)22(13-14)17-10-8-15(20)9-11-17/h8-11,14,16H,2-7,12-13H2,1H3. The molecule has 1 saturated carbocycles. The fraction of sp³-hybridized carbons (Fsp3) is 0.579. The maximum Gasteiger partial charge on any atom is 0.228 e. The van der Waals surface area contributed by atoms with Crippen molar-refractivity contribution in [2.24, 2.45) is 5.92 Å². The van der Waals surface area contributed by atoms with E-state index in [1.807, 2.05) is 24.0 Å². The highest BCUT2D eigenvalue weighted by molar-refractivity contribution is 6.30. The van der Waals surface area contributed by atoms with E-state index in [4.69, 9.17) is 11.6 Å². The molecule has 1 aliphatic heterocycles. The van der Waals surface area contributed by atoms with E-state index in [1.165, 1.54) is 19.3 Å². The van der Waals surface area contributed by atoms with Crippen LogP contribution < -0.4 is 4.90 Å². The summed E-state index contributed by atoms with van der Waals surface area (Å²) >= 11 is 5.92. The van der Waals surface area contributed by atoms with E-state index in [0.29, 0.717) is 24.0 Å². The third kappa shape index (κ3) is 3.59. The van der Waals surface area contributed by atoms with E-state index in [9.17, 15) is 9.59 Å². The van der Waals surface area contributed by atoms with E-state index in [0.717, 1.165) is 25.1 Å². The second-order valence-corrected chi connectivity index (χ2v) is 7.23. The van der Waals surface area contributed by atoms with Gasteiger partial charge in [0.2, 0.25) is 11.8 Å². The molecule has 1 unspecified atom stereocenters. The second kappa shape index (κ2) is 7.56. The van der Waals surface area contributed by atoms with E-state index >= 15 is 0 Å². The zero-order valence-corrected chi connectivity index (χ0v) is 15.0. The number of carbonyl (C=O) groups is 2. The number of halogens is 1. The van der Waals surface area contributed by atoms with Crippen LogP contribution in [0.2, 0.25) is 5.02 Å². The zero-order valence-electron chi connectivity index (χ0n) is 14.2. The number of amides is 2. The molecule has 24 heavy (non-hydrogen) atoms. The number of hydrogen-bond acceptors (Lipinski definition) is 2. The van der Waals surface area contributed by atoms with Gasteiger partial charge in [0, 0.05) is 36.3 Å². The van der Waals surface area contributed by atoms with Crippen molar-refractivity contribution in [3.05, 3.63) is 29.3 Å². The predicted octanol–water partition coefficient (Wildman–Crippen LogP) is 3.87. The fourth-order valence-corrected chi connectivity index (χ4v) is 4.09. The Morgan fingerprint density at radius 3 is 2.50 bits per heavy atom. The molecule has 2 amide bonds. The molecular formula is C19H25ClN2O2. The minimum Gasteiger partial charge on any atom is -0.340 e. The highest BCUT2D eigenvalue weighted by Gasteiger charge is 2.38. The maximum atomic E-state index is 13.0. The largest absolute Gasteiger partial charge is 0.340 e. The first-order valence-corrected chi connectivity index (χ1v) is 9.34. The molecule has 1 aromatic rings. The molecule has 0 bridgehead atoms. The lowest BCUT2D eigenvalue weighted by Gasteiger charge is -2.35. The summed E-state index contributed by atoms with van der Waals surface area (Å²) in [5.41, 5.74) is 0.820. The van der Waals surface area contributed by atoms with Crippen LogP contribution in [-0.4, -0.2) is 35.8 Å². The lowest BCUT2D eigenvalue weighted by molar-refractivity contribution is -0.138. The third-order valence-corrected chi connectivity index (χ3v) is 5.50. The molecule has 5 heteroatoms. The predicted molar refractivity (Wildman–Crippen MR) is 96.2 cm³/mol. The van der Waals surface area contributed by atoms with Gasteiger partial charge in [0.1, 0.15) is 0 Å². The van der Waals surface area contributed by atoms with Crippen LogP contribution in [0.1, 0.15) is 45.4 Å². The third-order valence-electron chi connectivity index (χ3n) is 5.25. The average molecular weight is 349 g/mol. The molecule has 2 fully saturated rings. The number of hydrogen-bond donors (Lipinski definition) is 0. The van der Waals surface area contributed by atoms with Crippen molar-refractivity contribution in [3.63, 3.8) is 0 Å². The molecule has 0 aromatic heterocycles. The Balaban J connectivity index is 1.69. The Morgan fingerprint density at radius 1 is 1.21 bits per heavy atom. The molecule has 0 N–H and O–H groups in total. The molecule has 1 saturated heterocycles. The van der Waals surface area contributed by atoms with Crippen LogP contribution in [0.5, 0.6) is 0 Å². The first kappa shape index (κ1) is 17.3. The van der Waals surface area contributed by atoms with Gasteiger partial charge in [-0.05, 0) is 44.0 Å². The van der Waals surface area contributed by atoms with Crippen LogP contribution in [0.4, 0.5) is 5.69 Å². The summed E-state index contributed by atoms with van der Waals surface area (Å²) in [6.45, 7) is 3.25. The van der Waals surface area contributed by atoms with Crippen LogP contribution in [0, 0.1) is 5.92 Å². The molecular weight excluding hydrogens is 324 g/mol. The summed E-state index contributed by atoms with van der Waals surface area (Å²) in [6, 6.07) is 7.59. The van der Waals surface area contributed by atoms with Crippen molar-refractivity contribution in [1.29, 1.82) is 0 Å². The van der Waals surface area contributed by atoms with Gasteiger partial charge in [-0.25, -0.2) is 0 Å². The Kier molecular flexibility index (Phi) is 5.44. The molecule has 1 aliphatic carbocycles. The van der Waals surface area contributed by atoms with E-state index in [1.54, 1.807) is 17.0 Å². The molecule has 0 radical (unpaired) electrons. The number of nitrogens with zero attached hydrogens (tertiary/aromatic N) is 2. The van der Waals surface area contributed by atoms with Gasteiger partial charge in [0.05, 0.1) is 5.92 Å². The lowest BCUT2D eigenvalue weighted by atomic mass is 9.93. The van der Waals surface area contributed by atoms with Gasteiger partial charge < -0.3 is 9.80 Å². The van der Waals surface area contributed by atoms with Gasteiger partial charge in [0.25, 0.3) is 0 Å². The quantitative estimate of drug-likeness (QED) is 0.828. The molecule has 1 heterocycles. The second-order valence-electron chi connectivity index (χ2n) is 6.80. The number of rotatable bonds is 4. The molecule has 1 aromatic carbocycles. The Hall–Kier alpha value is -1.55. The van der Waals surface area contributed by atoms with E-state index in [2.05, 4.69) is 0 Å². The van der Waals surface area contributed by atoms with Crippen molar-refractivity contribution in [1.82, 2.24) is 4.90 Å². The fourth-order valence-electron chi connectivity index (χ4n) is 3.96. The van der Waals surface area contributed by atoms with Crippen LogP contribution >= 0.6 is 11.6 Å². The number of benzene rings is 1. The Bertz CT molecular complexity index is 596. The van der Waals surface area contributed by atoms with Gasteiger partial charge in [-0.3, -0.25) is 9.59 Å². The summed E-state index contributed by atoms with van der Waals surface area (Å²) in [4.78, 5) is 29.1. The first-order valence-electron chi connectivity index (χ1n) is 8.96. The Labute approximate surface area is 148 Å². The smallest absolute Gasteiger partial charge is 0.228 e. The topological polar surface area (TPSA) is 40.6 Å². The SMILES string of the molecule is CCN(C(=O)C1CC(=O)N(c2ccc(Cl)cc2)C1)C1CCCCC1. The average Bonchev–Trinajstić information content (AvgIpc) is 2.99. The van der Waals surface area contributed by atoms with Gasteiger partial charge >= 0.3 is 0 Å². The maximum absolute atomic E-state index is 13.0. The van der Waals surface area contributed by atoms with Crippen molar-refractivity contribution in [3.8, 4) is 0 Å². The molecule has 0 spiro atoms. The van der Waals surface area contributed by atoms with E-state index in [-0.39, 0.29) is 17.7 Å². The lowest BCUT2D eigenvalue weighted by Crippen LogP contribution is -2.45. The van der Waals surface area contributed by atoms with Gasteiger partial charge in [-0.15, -0.1) is 0 Å². The van der Waals surface area contributed by atoms with E-state index < -0.39 is 0 Å². The van der Waals surface area contributed by atoms with Gasteiger partial charge in [-0.2, -0.15) is 0 Å². The summed E-state index contributed by atoms with van der Waals surface area (Å²) in [5.74, 6) is -0.0559. The highest BCUT2D eigenvalue weighted by Crippen LogP contribution is 2.30. The van der Waals surface area contributed by atoms with Crippen LogP contribution in [0.3, 0.4) is 0 Å². The minimum absolute atomic E-state index is 0.0235. The van der Waals surface area contributed by atoms with Crippen LogP contribution in [0.25, 0.3) is 0 Å². The van der Waals surface area contributed by atoms with Crippen molar-refractivity contribution in [2.75, 3.05) is 18.0 Å². The zero-order chi connectivity index (χ0) is 17.1. The summed E-state index contributed by atoms with van der Waals surface area (Å²) < 4.78 is 0. The monoisotopic (exact) mass is 348 g/mol. The summed E-state index contributed by atoms with van der Waals surface area (Å²) in [7, 11) is 0. The van der Waals surface area contributed by atoms with Crippen molar-refractivity contribution >= 4 is 29.1 Å².